The predicted octanol–water partition coefficient (Wildman–Crippen LogP) is 1.20. The molecule has 0 rings (SSSR count). The van der Waals surface area contributed by atoms with E-state index in [4.69, 9.17) is 20.4 Å². The van der Waals surface area contributed by atoms with E-state index in [2.05, 4.69) is 21.3 Å². The van der Waals surface area contributed by atoms with E-state index in [9.17, 15) is 19.2 Å². The first kappa shape index (κ1) is 37.1. The van der Waals surface area contributed by atoms with Crippen LogP contribution in [0.5, 0.6) is 0 Å². The third-order valence-electron chi connectivity index (χ3n) is 2.10. The largest absolute Gasteiger partial charge is 0.465 e. The molecule has 0 aliphatic carbocycles. The Morgan fingerprint density at radius 1 is 0.483 bits per heavy atom. The Morgan fingerprint density at radius 3 is 0.655 bits per heavy atom. The molecular weight excluding hydrogens is 404 g/mol. The lowest BCUT2D eigenvalue weighted by molar-refractivity contribution is 0.193. The normalized spacial score (nSPS) is 7.86. The summed E-state index contributed by atoms with van der Waals surface area (Å²) in [6.07, 6.45) is -0.357. The molecule has 29 heavy (non-hydrogen) atoms. The van der Waals surface area contributed by atoms with Crippen molar-refractivity contribution in [2.24, 2.45) is 0 Å². The summed E-state index contributed by atoms with van der Waals surface area (Å²) < 4.78 is 0. The molecule has 4 amide bonds. The van der Waals surface area contributed by atoms with E-state index in [1.165, 1.54) is 0 Å². The Hall–Kier alpha value is -2.70. The van der Waals surface area contributed by atoms with Crippen LogP contribution >= 0.6 is 0 Å². The van der Waals surface area contributed by atoms with Crippen molar-refractivity contribution in [3.05, 3.63) is 0 Å². The molecule has 8 N–H and O–H groups in total. The van der Waals surface area contributed by atoms with Gasteiger partial charge in [0.2, 0.25) is 0 Å². The monoisotopic (exact) mass is 444 g/mol. The van der Waals surface area contributed by atoms with Gasteiger partial charge in [0.1, 0.15) is 0 Å². The smallest absolute Gasteiger partial charge is 0.404 e. The van der Waals surface area contributed by atoms with Gasteiger partial charge < -0.3 is 41.7 Å². The summed E-state index contributed by atoms with van der Waals surface area (Å²) in [6, 6.07) is 0. The molecule has 13 heteroatoms. The first-order chi connectivity index (χ1) is 13.1. The van der Waals surface area contributed by atoms with Crippen LogP contribution in [-0.4, -0.2) is 81.9 Å². The molecule has 0 radical (unpaired) electrons. The van der Waals surface area contributed by atoms with Gasteiger partial charge in [-0.25, -0.2) is 19.2 Å². The SMILES string of the molecule is CCCNC(=O)O.CCCNC(=O)O.CCCNC(=O)O.CCCNC(=O)O.[SiH4]. The number of carboxylic acid groups (broad SMARTS) is 4. The van der Waals surface area contributed by atoms with Crippen LogP contribution in [0.4, 0.5) is 19.2 Å². The summed E-state index contributed by atoms with van der Waals surface area (Å²) in [5.41, 5.74) is 0. The standard InChI is InChI=1S/4C4H9NO2.H4Si/c4*1-2-3-5-4(6)7;/h4*5H,2-3H2,1H3,(H,6,7);1H4. The lowest BCUT2D eigenvalue weighted by atomic mass is 10.5. The van der Waals surface area contributed by atoms with Crippen LogP contribution < -0.4 is 21.3 Å². The first-order valence-electron chi connectivity index (χ1n) is 8.95. The zero-order valence-corrected chi connectivity index (χ0v) is 17.1. The van der Waals surface area contributed by atoms with Crippen molar-refractivity contribution in [3.8, 4) is 0 Å². The van der Waals surface area contributed by atoms with Gasteiger partial charge in [0.05, 0.1) is 0 Å². The van der Waals surface area contributed by atoms with Crippen molar-refractivity contribution in [1.29, 1.82) is 0 Å². The molecule has 0 aliphatic rings. The maximum absolute atomic E-state index is 9.65. The third kappa shape index (κ3) is 77.7. The highest BCUT2D eigenvalue weighted by molar-refractivity contribution is 5.75. The number of hydrogen-bond acceptors (Lipinski definition) is 4. The van der Waals surface area contributed by atoms with Crippen LogP contribution in [0.3, 0.4) is 0 Å². The Labute approximate surface area is 176 Å². The molecule has 0 aliphatic heterocycles. The van der Waals surface area contributed by atoms with Crippen LogP contribution in [-0.2, 0) is 0 Å². The second-order valence-corrected chi connectivity index (χ2v) is 4.93. The van der Waals surface area contributed by atoms with Gasteiger partial charge in [-0.05, 0) is 36.6 Å². The zero-order chi connectivity index (χ0) is 22.8. The minimum atomic E-state index is -0.943. The summed E-state index contributed by atoms with van der Waals surface area (Å²) in [6.45, 7) is 9.85. The van der Waals surface area contributed by atoms with E-state index < -0.39 is 24.4 Å². The highest BCUT2D eigenvalue weighted by Gasteiger charge is 1.88. The molecule has 0 aromatic rings. The average molecular weight is 445 g/mol. The molecule has 0 aromatic carbocycles. The summed E-state index contributed by atoms with van der Waals surface area (Å²) in [5, 5.41) is 40.6. The van der Waals surface area contributed by atoms with Crippen molar-refractivity contribution in [1.82, 2.24) is 21.3 Å². The van der Waals surface area contributed by atoms with E-state index in [0.29, 0.717) is 26.2 Å². The Morgan fingerprint density at radius 2 is 0.621 bits per heavy atom. The molecule has 0 unspecified atom stereocenters. The quantitative estimate of drug-likeness (QED) is 0.255. The predicted molar refractivity (Wildman–Crippen MR) is 117 cm³/mol. The van der Waals surface area contributed by atoms with Crippen LogP contribution in [0.1, 0.15) is 53.4 Å². The molecular formula is C16H40N4O8Si. The molecule has 0 heterocycles. The maximum Gasteiger partial charge on any atom is 0.404 e. The van der Waals surface area contributed by atoms with E-state index in [1.807, 2.05) is 27.7 Å². The molecule has 0 saturated heterocycles. The molecule has 176 valence electrons. The average Bonchev–Trinajstić information content (AvgIpc) is 2.62. The van der Waals surface area contributed by atoms with Crippen LogP contribution in [0, 0.1) is 0 Å². The highest BCUT2D eigenvalue weighted by Crippen LogP contribution is 1.69. The molecule has 0 atom stereocenters. The highest BCUT2D eigenvalue weighted by atomic mass is 28.1. The Balaban J connectivity index is -0.0000000873. The van der Waals surface area contributed by atoms with Crippen molar-refractivity contribution in [2.75, 3.05) is 26.2 Å². The number of hydrogen-bond donors (Lipinski definition) is 8. The van der Waals surface area contributed by atoms with Crippen molar-refractivity contribution < 1.29 is 39.6 Å². The first-order valence-corrected chi connectivity index (χ1v) is 8.95. The van der Waals surface area contributed by atoms with Gasteiger partial charge in [0.15, 0.2) is 0 Å². The van der Waals surface area contributed by atoms with Gasteiger partial charge in [0.25, 0.3) is 0 Å². The minimum Gasteiger partial charge on any atom is -0.465 e. The topological polar surface area (TPSA) is 197 Å². The van der Waals surface area contributed by atoms with Crippen LogP contribution in [0.25, 0.3) is 0 Å². The van der Waals surface area contributed by atoms with Crippen LogP contribution in [0.2, 0.25) is 0 Å². The summed E-state index contributed by atoms with van der Waals surface area (Å²) in [5.74, 6) is 0. The maximum atomic E-state index is 9.65. The fraction of sp³-hybridized carbons (Fsp3) is 0.750. The molecule has 0 bridgehead atoms. The van der Waals surface area contributed by atoms with Gasteiger partial charge in [-0.1, -0.05) is 27.7 Å². The number of nitrogens with one attached hydrogen (secondary N) is 4. The lowest BCUT2D eigenvalue weighted by Crippen LogP contribution is -2.20. The number of amides is 4. The van der Waals surface area contributed by atoms with Gasteiger partial charge >= 0.3 is 24.4 Å². The van der Waals surface area contributed by atoms with Gasteiger partial charge in [0, 0.05) is 26.2 Å². The van der Waals surface area contributed by atoms with E-state index in [0.717, 1.165) is 25.7 Å². The van der Waals surface area contributed by atoms with Gasteiger partial charge in [-0.15, -0.1) is 0 Å². The molecule has 12 nitrogen and oxygen atoms in total. The summed E-state index contributed by atoms with van der Waals surface area (Å²) in [7, 11) is 0. The van der Waals surface area contributed by atoms with Gasteiger partial charge in [-0.3, -0.25) is 0 Å². The second-order valence-electron chi connectivity index (χ2n) is 4.93. The summed E-state index contributed by atoms with van der Waals surface area (Å²) >= 11 is 0. The molecule has 0 aromatic heterocycles. The zero-order valence-electron chi connectivity index (χ0n) is 17.1. The van der Waals surface area contributed by atoms with Crippen molar-refractivity contribution in [3.63, 3.8) is 0 Å². The molecule has 0 spiro atoms. The third-order valence-corrected chi connectivity index (χ3v) is 2.10. The van der Waals surface area contributed by atoms with Gasteiger partial charge in [-0.2, -0.15) is 0 Å². The Kier molecular flexibility index (Phi) is 42.1. The summed E-state index contributed by atoms with van der Waals surface area (Å²) in [4.78, 5) is 38.6. The fourth-order valence-corrected chi connectivity index (χ4v) is 0.928. The van der Waals surface area contributed by atoms with Crippen LogP contribution in [0.15, 0.2) is 0 Å². The van der Waals surface area contributed by atoms with Crippen molar-refractivity contribution in [2.45, 2.75) is 53.4 Å². The minimum absolute atomic E-state index is 0. The molecule has 0 fully saturated rings. The number of carbonyl (C=O) groups is 4. The van der Waals surface area contributed by atoms with E-state index >= 15 is 0 Å². The fourth-order valence-electron chi connectivity index (χ4n) is 0.928. The number of rotatable bonds is 8. The Bertz CT molecular complexity index is 329. The molecule has 0 saturated carbocycles. The van der Waals surface area contributed by atoms with E-state index in [1.54, 1.807) is 0 Å². The second kappa shape index (κ2) is 32.9. The lowest BCUT2D eigenvalue weighted by Gasteiger charge is -1.91. The van der Waals surface area contributed by atoms with E-state index in [-0.39, 0.29) is 11.0 Å². The van der Waals surface area contributed by atoms with Crippen molar-refractivity contribution >= 4 is 35.3 Å².